The third-order valence-electron chi connectivity index (χ3n) is 8.58. The number of aromatic nitrogens is 1. The molecule has 9 heteroatoms. The molecule has 2 saturated carbocycles. The molecule has 2 aliphatic rings. The minimum absolute atomic E-state index is 0.00951. The third-order valence-corrected chi connectivity index (χ3v) is 8.58. The van der Waals surface area contributed by atoms with Gasteiger partial charge >= 0.3 is 6.09 Å². The number of carbonyl (C=O) groups is 3. The molecule has 0 atom stereocenters. The fourth-order valence-corrected chi connectivity index (χ4v) is 6.43. The summed E-state index contributed by atoms with van der Waals surface area (Å²) >= 11 is 0. The van der Waals surface area contributed by atoms with Crippen molar-refractivity contribution in [1.82, 2.24) is 15.6 Å². The zero-order chi connectivity index (χ0) is 32.2. The van der Waals surface area contributed by atoms with E-state index in [1.54, 1.807) is 27.0 Å². The number of pyridine rings is 1. The van der Waals surface area contributed by atoms with Gasteiger partial charge in [0.2, 0.25) is 11.8 Å². The highest BCUT2D eigenvalue weighted by Gasteiger charge is 2.48. The number of halogens is 1. The van der Waals surface area contributed by atoms with E-state index in [0.29, 0.717) is 12.1 Å². The van der Waals surface area contributed by atoms with E-state index in [2.05, 4.69) is 16.0 Å². The second-order valence-electron chi connectivity index (χ2n) is 13.4. The first-order chi connectivity index (χ1) is 21.4. The van der Waals surface area contributed by atoms with E-state index in [1.807, 2.05) is 60.7 Å². The summed E-state index contributed by atoms with van der Waals surface area (Å²) in [6, 6.07) is 19.7. The number of benzene rings is 2. The lowest BCUT2D eigenvalue weighted by molar-refractivity contribution is -0.120. The average molecular weight is 615 g/mol. The maximum Gasteiger partial charge on any atom is 0.408 e. The predicted octanol–water partition coefficient (Wildman–Crippen LogP) is 7.29. The van der Waals surface area contributed by atoms with Crippen molar-refractivity contribution < 1.29 is 23.5 Å². The van der Waals surface area contributed by atoms with Crippen molar-refractivity contribution >= 4 is 23.6 Å². The van der Waals surface area contributed by atoms with Gasteiger partial charge in [0.1, 0.15) is 11.8 Å². The summed E-state index contributed by atoms with van der Waals surface area (Å²) in [7, 11) is 0. The lowest BCUT2D eigenvalue weighted by Gasteiger charge is -2.45. The van der Waals surface area contributed by atoms with Crippen LogP contribution in [0.25, 0.3) is 22.4 Å². The summed E-state index contributed by atoms with van der Waals surface area (Å²) in [5.41, 5.74) is 3.37. The zero-order valence-electron chi connectivity index (χ0n) is 26.5. The largest absolute Gasteiger partial charge is 0.444 e. The van der Waals surface area contributed by atoms with Crippen LogP contribution >= 0.6 is 0 Å². The quantitative estimate of drug-likeness (QED) is 0.247. The summed E-state index contributed by atoms with van der Waals surface area (Å²) in [5.74, 6) is 0.223. The molecule has 238 valence electrons. The Hall–Kier alpha value is -4.27. The fraction of sp³-hybridized carbons (Fsp3) is 0.444. The highest BCUT2D eigenvalue weighted by Crippen LogP contribution is 2.44. The van der Waals surface area contributed by atoms with E-state index in [1.165, 1.54) is 6.92 Å². The Morgan fingerprint density at radius 3 is 2.22 bits per heavy atom. The number of hydrogen-bond donors (Lipinski definition) is 3. The van der Waals surface area contributed by atoms with Gasteiger partial charge in [-0.25, -0.2) is 9.18 Å². The molecule has 2 aromatic carbocycles. The van der Waals surface area contributed by atoms with Crippen LogP contribution in [0.4, 0.5) is 14.9 Å². The number of ether oxygens (including phenoxy) is 1. The van der Waals surface area contributed by atoms with Gasteiger partial charge in [-0.3, -0.25) is 14.6 Å². The van der Waals surface area contributed by atoms with E-state index in [4.69, 9.17) is 9.72 Å². The van der Waals surface area contributed by atoms with Gasteiger partial charge in [-0.05, 0) is 69.6 Å². The maximum atomic E-state index is 14.1. The Morgan fingerprint density at radius 1 is 0.956 bits per heavy atom. The number of carbonyl (C=O) groups excluding carboxylic acids is 3. The van der Waals surface area contributed by atoms with Crippen molar-refractivity contribution in [3.63, 3.8) is 0 Å². The SMILES string of the molecule is CC(=O)NC1CCC(CC(=O)Nc2cnc(-c3ccc(C4(NC(=O)OC(C)(C)C)CC(F)C4)cc3)c(-c3ccccc3)c2)CC1. The summed E-state index contributed by atoms with van der Waals surface area (Å²) in [5, 5.41) is 8.95. The molecule has 45 heavy (non-hydrogen) atoms. The molecule has 0 radical (unpaired) electrons. The van der Waals surface area contributed by atoms with Gasteiger partial charge in [0, 0.05) is 43.4 Å². The molecule has 0 spiro atoms. The second-order valence-corrected chi connectivity index (χ2v) is 13.4. The first kappa shape index (κ1) is 32.1. The van der Waals surface area contributed by atoms with Crippen molar-refractivity contribution in [3.8, 4) is 22.4 Å². The van der Waals surface area contributed by atoms with Crippen LogP contribution in [0, 0.1) is 5.92 Å². The Labute approximate surface area is 264 Å². The molecule has 5 rings (SSSR count). The van der Waals surface area contributed by atoms with Gasteiger partial charge in [-0.15, -0.1) is 0 Å². The number of nitrogens with one attached hydrogen (secondary N) is 3. The van der Waals surface area contributed by atoms with Crippen LogP contribution in [0.15, 0.2) is 66.9 Å². The van der Waals surface area contributed by atoms with Crippen molar-refractivity contribution in [2.45, 2.75) is 96.0 Å². The monoisotopic (exact) mass is 614 g/mol. The normalized spacial score (nSPS) is 22.9. The van der Waals surface area contributed by atoms with Gasteiger partial charge in [-0.1, -0.05) is 54.6 Å². The topological polar surface area (TPSA) is 109 Å². The number of hydrogen-bond acceptors (Lipinski definition) is 5. The van der Waals surface area contributed by atoms with Crippen molar-refractivity contribution in [2.75, 3.05) is 5.32 Å². The molecule has 1 aromatic heterocycles. The van der Waals surface area contributed by atoms with Crippen LogP contribution in [0.2, 0.25) is 0 Å². The Kier molecular flexibility index (Phi) is 9.56. The van der Waals surface area contributed by atoms with Gasteiger partial charge in [0.25, 0.3) is 0 Å². The second kappa shape index (κ2) is 13.4. The van der Waals surface area contributed by atoms with Crippen LogP contribution in [-0.4, -0.2) is 40.7 Å². The molecule has 2 fully saturated rings. The van der Waals surface area contributed by atoms with E-state index >= 15 is 0 Å². The highest BCUT2D eigenvalue weighted by atomic mass is 19.1. The smallest absolute Gasteiger partial charge is 0.408 e. The Balaban J connectivity index is 1.32. The van der Waals surface area contributed by atoms with Gasteiger partial charge in [-0.2, -0.15) is 0 Å². The first-order valence-electron chi connectivity index (χ1n) is 15.8. The van der Waals surface area contributed by atoms with E-state index < -0.39 is 23.4 Å². The number of rotatable bonds is 8. The molecule has 1 heterocycles. The predicted molar refractivity (Wildman–Crippen MR) is 173 cm³/mol. The van der Waals surface area contributed by atoms with Crippen LogP contribution in [0.1, 0.15) is 78.2 Å². The molecule has 0 unspecified atom stereocenters. The summed E-state index contributed by atoms with van der Waals surface area (Å²) in [4.78, 5) is 41.8. The van der Waals surface area contributed by atoms with E-state index in [0.717, 1.165) is 53.6 Å². The number of amides is 3. The van der Waals surface area contributed by atoms with E-state index in [9.17, 15) is 18.8 Å². The molecule has 2 aliphatic carbocycles. The molecular formula is C36H43FN4O4. The van der Waals surface area contributed by atoms with Crippen LogP contribution < -0.4 is 16.0 Å². The van der Waals surface area contributed by atoms with Gasteiger partial charge in [0.05, 0.1) is 23.1 Å². The number of alkyl carbamates (subject to hydrolysis) is 1. The first-order valence-corrected chi connectivity index (χ1v) is 15.8. The molecule has 0 bridgehead atoms. The van der Waals surface area contributed by atoms with Crippen LogP contribution in [0.3, 0.4) is 0 Å². The lowest BCUT2D eigenvalue weighted by Crippen LogP contribution is -2.56. The average Bonchev–Trinajstić information content (AvgIpc) is 2.96. The van der Waals surface area contributed by atoms with Crippen molar-refractivity contribution in [3.05, 3.63) is 72.4 Å². The standard InChI is InChI=1S/C36H43FN4O4/c1-23(42)39-29-16-10-24(11-17-29)18-32(43)40-30-19-31(25-8-6-5-7-9-25)33(38-22-30)26-12-14-27(15-13-26)36(20-28(37)21-36)41-34(44)45-35(2,3)4/h5-9,12-15,19,22,24,28-29H,10-11,16-18,20-21H2,1-4H3,(H,39,42)(H,40,43)(H,41,44). The maximum absolute atomic E-state index is 14.1. The van der Waals surface area contributed by atoms with Crippen LogP contribution in [0.5, 0.6) is 0 Å². The molecule has 3 amide bonds. The van der Waals surface area contributed by atoms with Gasteiger partial charge < -0.3 is 20.7 Å². The van der Waals surface area contributed by atoms with Crippen molar-refractivity contribution in [1.29, 1.82) is 0 Å². The molecule has 0 saturated heterocycles. The minimum atomic E-state index is -0.993. The van der Waals surface area contributed by atoms with E-state index in [-0.39, 0.29) is 36.6 Å². The third kappa shape index (κ3) is 8.26. The summed E-state index contributed by atoms with van der Waals surface area (Å²) < 4.78 is 19.6. The number of alkyl halides is 1. The Morgan fingerprint density at radius 2 is 1.62 bits per heavy atom. The molecule has 0 aliphatic heterocycles. The number of nitrogens with zero attached hydrogens (tertiary/aromatic N) is 1. The molecule has 3 aromatic rings. The van der Waals surface area contributed by atoms with Crippen LogP contribution in [-0.2, 0) is 19.9 Å². The Bertz CT molecular complexity index is 1510. The highest BCUT2D eigenvalue weighted by molar-refractivity contribution is 5.93. The van der Waals surface area contributed by atoms with Gasteiger partial charge in [0.15, 0.2) is 0 Å². The molecular weight excluding hydrogens is 571 g/mol. The molecule has 3 N–H and O–H groups in total. The van der Waals surface area contributed by atoms with Crippen molar-refractivity contribution in [2.24, 2.45) is 5.92 Å². The zero-order valence-corrected chi connectivity index (χ0v) is 26.5. The number of anilines is 1. The molecule has 8 nitrogen and oxygen atoms in total. The fourth-order valence-electron chi connectivity index (χ4n) is 6.43. The lowest BCUT2D eigenvalue weighted by atomic mass is 9.70. The minimum Gasteiger partial charge on any atom is -0.444 e. The summed E-state index contributed by atoms with van der Waals surface area (Å²) in [6.45, 7) is 6.92. The summed E-state index contributed by atoms with van der Waals surface area (Å²) in [6.07, 6.45) is 4.49.